The van der Waals surface area contributed by atoms with E-state index < -0.39 is 0 Å². The molecular weight excluding hydrogens is 314 g/mol. The predicted molar refractivity (Wildman–Crippen MR) is 104 cm³/mol. The van der Waals surface area contributed by atoms with E-state index in [0.717, 1.165) is 63.2 Å². The van der Waals surface area contributed by atoms with Gasteiger partial charge in [0, 0.05) is 11.8 Å². The minimum absolute atomic E-state index is 0.125. The smallest absolute Gasteiger partial charge is 0.135 e. The average Bonchev–Trinajstić information content (AvgIpc) is 2.66. The standard InChI is InChI=1S/C23H40F2/c1-3-5-7-9-19-12-16-21(17-13-19)23(25)22(24)20-14-10-18(11-15-20)8-6-4-2/h18-21H,3-17H2,1-2H3/t18-,19-,20-,21-. The second-order valence-electron chi connectivity index (χ2n) is 8.77. The Labute approximate surface area is 154 Å². The van der Waals surface area contributed by atoms with Crippen LogP contribution in [0.25, 0.3) is 0 Å². The SMILES string of the molecule is CCCCC[C@H]1CC[C@H](C(F)=C(F)[C@H]2CC[C@H](CCCC)CC2)CC1. The molecule has 2 rings (SSSR count). The molecule has 0 radical (unpaired) electrons. The van der Waals surface area contributed by atoms with E-state index in [2.05, 4.69) is 13.8 Å². The van der Waals surface area contributed by atoms with Gasteiger partial charge >= 0.3 is 0 Å². The molecule has 0 spiro atoms. The second kappa shape index (κ2) is 11.3. The number of halogens is 2. The van der Waals surface area contributed by atoms with Crippen LogP contribution in [0.2, 0.25) is 0 Å². The Morgan fingerprint density at radius 3 is 1.40 bits per heavy atom. The van der Waals surface area contributed by atoms with Crippen LogP contribution >= 0.6 is 0 Å². The molecule has 0 nitrogen and oxygen atoms in total. The van der Waals surface area contributed by atoms with Crippen LogP contribution in [0, 0.1) is 23.7 Å². The lowest BCUT2D eigenvalue weighted by Crippen LogP contribution is -2.19. The summed E-state index contributed by atoms with van der Waals surface area (Å²) in [6.07, 6.45) is 16.8. The van der Waals surface area contributed by atoms with Crippen molar-refractivity contribution in [2.75, 3.05) is 0 Å². The lowest BCUT2D eigenvalue weighted by molar-refractivity contribution is 0.226. The highest BCUT2D eigenvalue weighted by atomic mass is 19.2. The molecule has 2 aliphatic rings. The van der Waals surface area contributed by atoms with Gasteiger partial charge in [-0.05, 0) is 63.2 Å². The van der Waals surface area contributed by atoms with Gasteiger partial charge in [0.25, 0.3) is 0 Å². The van der Waals surface area contributed by atoms with Crippen LogP contribution in [0.3, 0.4) is 0 Å². The monoisotopic (exact) mass is 354 g/mol. The molecule has 0 unspecified atom stereocenters. The number of rotatable bonds is 9. The Morgan fingerprint density at radius 1 is 0.600 bits per heavy atom. The molecule has 0 N–H and O–H groups in total. The molecule has 2 fully saturated rings. The maximum Gasteiger partial charge on any atom is 0.135 e. The van der Waals surface area contributed by atoms with E-state index in [0.29, 0.717) is 0 Å². The number of hydrogen-bond acceptors (Lipinski definition) is 0. The van der Waals surface area contributed by atoms with Crippen molar-refractivity contribution in [2.24, 2.45) is 23.7 Å². The fourth-order valence-corrected chi connectivity index (χ4v) is 4.97. The highest BCUT2D eigenvalue weighted by Gasteiger charge is 2.31. The Kier molecular flexibility index (Phi) is 9.48. The summed E-state index contributed by atoms with van der Waals surface area (Å²) in [5.74, 6) is 0.520. The molecule has 0 aromatic carbocycles. The van der Waals surface area contributed by atoms with E-state index in [9.17, 15) is 8.78 Å². The minimum atomic E-state index is -0.372. The molecule has 0 bridgehead atoms. The van der Waals surface area contributed by atoms with Gasteiger partial charge in [-0.1, -0.05) is 58.8 Å². The zero-order valence-electron chi connectivity index (χ0n) is 16.7. The van der Waals surface area contributed by atoms with Gasteiger partial charge < -0.3 is 0 Å². The van der Waals surface area contributed by atoms with Crippen molar-refractivity contribution in [3.8, 4) is 0 Å². The van der Waals surface area contributed by atoms with Crippen molar-refractivity contribution < 1.29 is 8.78 Å². The fraction of sp³-hybridized carbons (Fsp3) is 0.913. The van der Waals surface area contributed by atoms with Gasteiger partial charge in [0.1, 0.15) is 11.7 Å². The third kappa shape index (κ3) is 6.68. The molecule has 0 aromatic rings. The summed E-state index contributed by atoms with van der Waals surface area (Å²) in [5, 5.41) is 0. The van der Waals surface area contributed by atoms with Crippen LogP contribution in [-0.2, 0) is 0 Å². The maximum atomic E-state index is 14.7. The zero-order chi connectivity index (χ0) is 18.1. The first kappa shape index (κ1) is 20.9. The van der Waals surface area contributed by atoms with E-state index >= 15 is 0 Å². The number of hydrogen-bond donors (Lipinski definition) is 0. The van der Waals surface area contributed by atoms with Crippen molar-refractivity contribution in [3.63, 3.8) is 0 Å². The zero-order valence-corrected chi connectivity index (χ0v) is 16.7. The summed E-state index contributed by atoms with van der Waals surface area (Å²) in [5.41, 5.74) is 0. The van der Waals surface area contributed by atoms with Crippen molar-refractivity contribution >= 4 is 0 Å². The quantitative estimate of drug-likeness (QED) is 0.364. The Hall–Kier alpha value is -0.400. The Morgan fingerprint density at radius 2 is 1.00 bits per heavy atom. The summed E-state index contributed by atoms with van der Waals surface area (Å²) in [7, 11) is 0. The molecule has 0 saturated heterocycles. The van der Waals surface area contributed by atoms with Crippen LogP contribution in [0.15, 0.2) is 11.7 Å². The lowest BCUT2D eigenvalue weighted by atomic mass is 9.76. The topological polar surface area (TPSA) is 0 Å². The van der Waals surface area contributed by atoms with Gasteiger partial charge in [0.05, 0.1) is 0 Å². The van der Waals surface area contributed by atoms with E-state index in [-0.39, 0.29) is 23.5 Å². The maximum absolute atomic E-state index is 14.7. The number of allylic oxidation sites excluding steroid dienone is 2. The third-order valence-electron chi connectivity index (χ3n) is 6.82. The lowest BCUT2D eigenvalue weighted by Gasteiger charge is -2.30. The van der Waals surface area contributed by atoms with E-state index in [4.69, 9.17) is 0 Å². The number of unbranched alkanes of at least 4 members (excludes halogenated alkanes) is 3. The molecule has 0 atom stereocenters. The normalized spacial score (nSPS) is 31.7. The molecule has 0 aliphatic heterocycles. The second-order valence-corrected chi connectivity index (χ2v) is 8.77. The minimum Gasteiger partial charge on any atom is -0.209 e. The van der Waals surface area contributed by atoms with Crippen molar-refractivity contribution in [1.29, 1.82) is 0 Å². The van der Waals surface area contributed by atoms with Gasteiger partial charge in [-0.3, -0.25) is 0 Å². The van der Waals surface area contributed by atoms with Crippen LogP contribution in [0.5, 0.6) is 0 Å². The molecule has 2 saturated carbocycles. The van der Waals surface area contributed by atoms with Crippen LogP contribution < -0.4 is 0 Å². The molecular formula is C23H40F2. The third-order valence-corrected chi connectivity index (χ3v) is 6.82. The van der Waals surface area contributed by atoms with Gasteiger partial charge in [-0.2, -0.15) is 0 Å². The Bertz CT molecular complexity index is 385. The van der Waals surface area contributed by atoms with Crippen molar-refractivity contribution in [2.45, 2.75) is 110 Å². The van der Waals surface area contributed by atoms with Crippen LogP contribution in [0.4, 0.5) is 8.78 Å². The van der Waals surface area contributed by atoms with E-state index in [1.807, 2.05) is 0 Å². The highest BCUT2D eigenvalue weighted by molar-refractivity contribution is 5.09. The summed E-state index contributed by atoms with van der Waals surface area (Å²) >= 11 is 0. The van der Waals surface area contributed by atoms with Gasteiger partial charge in [0.15, 0.2) is 0 Å². The van der Waals surface area contributed by atoms with Gasteiger partial charge in [-0.15, -0.1) is 0 Å². The Balaban J connectivity index is 1.76. The first-order valence-electron chi connectivity index (χ1n) is 11.2. The van der Waals surface area contributed by atoms with Crippen molar-refractivity contribution in [3.05, 3.63) is 11.7 Å². The van der Waals surface area contributed by atoms with Gasteiger partial charge in [-0.25, -0.2) is 8.78 Å². The molecule has 146 valence electrons. The predicted octanol–water partition coefficient (Wildman–Crippen LogP) is 8.52. The van der Waals surface area contributed by atoms with Gasteiger partial charge in [0.2, 0.25) is 0 Å². The largest absolute Gasteiger partial charge is 0.209 e. The highest BCUT2D eigenvalue weighted by Crippen LogP contribution is 2.42. The van der Waals surface area contributed by atoms with E-state index in [1.54, 1.807) is 0 Å². The molecule has 0 aromatic heterocycles. The first-order chi connectivity index (χ1) is 12.2. The summed E-state index contributed by atoms with van der Waals surface area (Å²) < 4.78 is 29.4. The summed E-state index contributed by atoms with van der Waals surface area (Å²) in [6, 6.07) is 0. The molecule has 0 amide bonds. The first-order valence-corrected chi connectivity index (χ1v) is 11.2. The summed E-state index contributed by atoms with van der Waals surface area (Å²) in [4.78, 5) is 0. The molecule has 0 heterocycles. The molecule has 2 aliphatic carbocycles. The molecule has 25 heavy (non-hydrogen) atoms. The van der Waals surface area contributed by atoms with Crippen LogP contribution in [0.1, 0.15) is 110 Å². The molecule has 2 heteroatoms. The van der Waals surface area contributed by atoms with Crippen molar-refractivity contribution in [1.82, 2.24) is 0 Å². The average molecular weight is 355 g/mol. The summed E-state index contributed by atoms with van der Waals surface area (Å²) in [6.45, 7) is 4.46. The van der Waals surface area contributed by atoms with Crippen LogP contribution in [-0.4, -0.2) is 0 Å². The van der Waals surface area contributed by atoms with E-state index in [1.165, 1.54) is 44.9 Å². The fourth-order valence-electron chi connectivity index (χ4n) is 4.97.